The van der Waals surface area contributed by atoms with Gasteiger partial charge in [-0.25, -0.2) is 9.78 Å². The summed E-state index contributed by atoms with van der Waals surface area (Å²) in [7, 11) is 0. The van der Waals surface area contributed by atoms with E-state index >= 15 is 0 Å². The monoisotopic (exact) mass is 308 g/mol. The average Bonchev–Trinajstić information content (AvgIpc) is 2.86. The number of carbonyl (C=O) groups excluding carboxylic acids is 1. The molecule has 1 amide bonds. The molecule has 0 unspecified atom stereocenters. The van der Waals surface area contributed by atoms with E-state index in [-0.39, 0.29) is 23.9 Å². The Morgan fingerprint density at radius 1 is 1.35 bits per heavy atom. The first-order valence-electron chi connectivity index (χ1n) is 5.84. The highest BCUT2D eigenvalue weighted by molar-refractivity contribution is 7.13. The molecule has 5 nitrogen and oxygen atoms in total. The van der Waals surface area contributed by atoms with Gasteiger partial charge < -0.3 is 10.0 Å². The number of nitrogens with zero attached hydrogens (tertiary/aromatic N) is 2. The molecule has 1 fully saturated rings. The Hall–Kier alpha value is -1.64. The highest BCUT2D eigenvalue weighted by Gasteiger charge is 2.43. The molecular weight excluding hydrogens is 297 g/mol. The molecule has 110 valence electrons. The van der Waals surface area contributed by atoms with E-state index in [1.54, 1.807) is 0 Å². The molecule has 0 spiro atoms. The van der Waals surface area contributed by atoms with Crippen LogP contribution in [0.3, 0.4) is 0 Å². The summed E-state index contributed by atoms with van der Waals surface area (Å²) >= 11 is 1.03. The van der Waals surface area contributed by atoms with Crippen LogP contribution in [0.2, 0.25) is 0 Å². The van der Waals surface area contributed by atoms with Gasteiger partial charge >= 0.3 is 18.1 Å². The molecule has 1 aromatic heterocycles. The quantitative estimate of drug-likeness (QED) is 0.908. The molecule has 1 N–H and O–H groups in total. The van der Waals surface area contributed by atoms with Crippen LogP contribution >= 0.6 is 11.3 Å². The number of aromatic carboxylic acids is 1. The average molecular weight is 308 g/mol. The SMILES string of the molecule is O=C(O)c1cnc(C2CCN(C(=O)C(F)(F)F)CC2)s1. The number of hydrogen-bond acceptors (Lipinski definition) is 4. The summed E-state index contributed by atoms with van der Waals surface area (Å²) in [4.78, 5) is 26.7. The Morgan fingerprint density at radius 2 is 1.95 bits per heavy atom. The third-order valence-electron chi connectivity index (χ3n) is 3.11. The zero-order chi connectivity index (χ0) is 14.9. The van der Waals surface area contributed by atoms with E-state index in [9.17, 15) is 22.8 Å². The van der Waals surface area contributed by atoms with Crippen LogP contribution in [0.25, 0.3) is 0 Å². The van der Waals surface area contributed by atoms with E-state index in [1.807, 2.05) is 0 Å². The highest BCUT2D eigenvalue weighted by atomic mass is 32.1. The third-order valence-corrected chi connectivity index (χ3v) is 4.26. The van der Waals surface area contributed by atoms with Gasteiger partial charge in [0.05, 0.1) is 11.2 Å². The van der Waals surface area contributed by atoms with E-state index in [1.165, 1.54) is 6.20 Å². The molecule has 2 heterocycles. The fourth-order valence-electron chi connectivity index (χ4n) is 2.08. The van der Waals surface area contributed by atoms with Gasteiger partial charge in [0.25, 0.3) is 0 Å². The zero-order valence-corrected chi connectivity index (χ0v) is 11.0. The number of likely N-dealkylation sites (tertiary alicyclic amines) is 1. The third kappa shape index (κ3) is 3.09. The summed E-state index contributed by atoms with van der Waals surface area (Å²) in [5.41, 5.74) is 0. The number of carboxylic acids is 1. The molecule has 0 bridgehead atoms. The van der Waals surface area contributed by atoms with Crippen LogP contribution in [0, 0.1) is 0 Å². The fraction of sp³-hybridized carbons (Fsp3) is 0.545. The predicted octanol–water partition coefficient (Wildman–Crippen LogP) is 2.11. The molecule has 0 aliphatic carbocycles. The number of alkyl halides is 3. The maximum absolute atomic E-state index is 12.3. The largest absolute Gasteiger partial charge is 0.477 e. The van der Waals surface area contributed by atoms with Crippen LogP contribution in [-0.4, -0.2) is 46.1 Å². The van der Waals surface area contributed by atoms with Gasteiger partial charge in [-0.1, -0.05) is 0 Å². The molecule has 9 heteroatoms. The number of halogens is 3. The molecule has 1 aliphatic heterocycles. The molecule has 1 aliphatic rings. The second-order valence-electron chi connectivity index (χ2n) is 4.43. The van der Waals surface area contributed by atoms with Crippen molar-refractivity contribution in [2.75, 3.05) is 13.1 Å². The number of amides is 1. The Labute approximate surface area is 116 Å². The van der Waals surface area contributed by atoms with Crippen LogP contribution < -0.4 is 0 Å². The summed E-state index contributed by atoms with van der Waals surface area (Å²) in [5, 5.41) is 9.39. The second-order valence-corrected chi connectivity index (χ2v) is 5.49. The van der Waals surface area contributed by atoms with Gasteiger partial charge in [0.2, 0.25) is 0 Å². The second kappa shape index (κ2) is 5.39. The van der Waals surface area contributed by atoms with Crippen molar-refractivity contribution in [2.24, 2.45) is 0 Å². The summed E-state index contributed by atoms with van der Waals surface area (Å²) < 4.78 is 36.8. The van der Waals surface area contributed by atoms with Gasteiger partial charge in [0.15, 0.2) is 0 Å². The summed E-state index contributed by atoms with van der Waals surface area (Å²) in [6, 6.07) is 0. The minimum Gasteiger partial charge on any atom is -0.477 e. The van der Waals surface area contributed by atoms with Crippen molar-refractivity contribution >= 4 is 23.2 Å². The van der Waals surface area contributed by atoms with Crippen molar-refractivity contribution in [2.45, 2.75) is 24.9 Å². The van der Waals surface area contributed by atoms with Crippen molar-refractivity contribution < 1.29 is 27.9 Å². The lowest BCUT2D eigenvalue weighted by Crippen LogP contribution is -2.45. The van der Waals surface area contributed by atoms with Gasteiger partial charge in [0, 0.05) is 19.0 Å². The minimum atomic E-state index is -4.84. The Kier molecular flexibility index (Phi) is 3.98. The molecule has 1 saturated heterocycles. The van der Waals surface area contributed by atoms with Gasteiger partial charge in [-0.3, -0.25) is 4.79 Å². The van der Waals surface area contributed by atoms with Crippen LogP contribution in [0.5, 0.6) is 0 Å². The van der Waals surface area contributed by atoms with Crippen LogP contribution in [-0.2, 0) is 4.79 Å². The molecule has 2 rings (SSSR count). The molecule has 0 radical (unpaired) electrons. The predicted molar refractivity (Wildman–Crippen MR) is 63.7 cm³/mol. The van der Waals surface area contributed by atoms with Crippen molar-refractivity contribution in [1.29, 1.82) is 0 Å². The number of carboxylic acid groups (broad SMARTS) is 1. The Morgan fingerprint density at radius 3 is 2.40 bits per heavy atom. The van der Waals surface area contributed by atoms with E-state index in [2.05, 4.69) is 4.98 Å². The number of aromatic nitrogens is 1. The molecular formula is C11H11F3N2O3S. The van der Waals surface area contributed by atoms with Crippen LogP contribution in [0.15, 0.2) is 6.20 Å². The first-order valence-corrected chi connectivity index (χ1v) is 6.66. The maximum Gasteiger partial charge on any atom is 0.471 e. The number of rotatable bonds is 2. The molecule has 1 aromatic rings. The first kappa shape index (κ1) is 14.8. The number of carbonyl (C=O) groups is 2. The normalized spacial score (nSPS) is 17.2. The minimum absolute atomic E-state index is 0.00496. The van der Waals surface area contributed by atoms with E-state index in [0.29, 0.717) is 17.8 Å². The standard InChI is InChI=1S/C11H11F3N2O3S/c12-11(13,14)10(19)16-3-1-6(2-4-16)8-15-5-7(20-8)9(17)18/h5-6H,1-4H2,(H,17,18). The lowest BCUT2D eigenvalue weighted by atomic mass is 9.97. The smallest absolute Gasteiger partial charge is 0.471 e. The number of hydrogen-bond donors (Lipinski definition) is 1. The highest BCUT2D eigenvalue weighted by Crippen LogP contribution is 2.32. The molecule has 0 aromatic carbocycles. The first-order chi connectivity index (χ1) is 9.29. The van der Waals surface area contributed by atoms with E-state index < -0.39 is 18.1 Å². The van der Waals surface area contributed by atoms with Crippen molar-refractivity contribution in [3.05, 3.63) is 16.1 Å². The molecule has 20 heavy (non-hydrogen) atoms. The van der Waals surface area contributed by atoms with Gasteiger partial charge in [-0.15, -0.1) is 11.3 Å². The Balaban J connectivity index is 1.97. The molecule has 0 atom stereocenters. The van der Waals surface area contributed by atoms with Crippen molar-refractivity contribution in [3.63, 3.8) is 0 Å². The summed E-state index contributed by atoms with van der Waals surface area (Å²) in [5.74, 6) is -2.98. The van der Waals surface area contributed by atoms with E-state index in [0.717, 1.165) is 16.2 Å². The van der Waals surface area contributed by atoms with Gasteiger partial charge in [-0.05, 0) is 12.8 Å². The fourth-order valence-corrected chi connectivity index (χ4v) is 3.01. The van der Waals surface area contributed by atoms with Crippen LogP contribution in [0.1, 0.15) is 33.4 Å². The maximum atomic E-state index is 12.3. The van der Waals surface area contributed by atoms with E-state index in [4.69, 9.17) is 5.11 Å². The van der Waals surface area contributed by atoms with Gasteiger partial charge in [0.1, 0.15) is 4.88 Å². The molecule has 0 saturated carbocycles. The van der Waals surface area contributed by atoms with Gasteiger partial charge in [-0.2, -0.15) is 13.2 Å². The lowest BCUT2D eigenvalue weighted by molar-refractivity contribution is -0.186. The summed E-state index contributed by atoms with van der Waals surface area (Å²) in [6.07, 6.45) is -2.89. The topological polar surface area (TPSA) is 70.5 Å². The lowest BCUT2D eigenvalue weighted by Gasteiger charge is -2.31. The van der Waals surface area contributed by atoms with Crippen LogP contribution in [0.4, 0.5) is 13.2 Å². The van der Waals surface area contributed by atoms with Crippen molar-refractivity contribution in [3.8, 4) is 0 Å². The zero-order valence-electron chi connectivity index (χ0n) is 10.2. The number of thiazole rings is 1. The summed E-state index contributed by atoms with van der Waals surface area (Å²) in [6.45, 7) is 0.00991. The Bertz CT molecular complexity index is 521. The number of piperidine rings is 1. The van der Waals surface area contributed by atoms with Crippen molar-refractivity contribution in [1.82, 2.24) is 9.88 Å².